The van der Waals surface area contributed by atoms with Gasteiger partial charge in [0.2, 0.25) is 10.0 Å². The van der Waals surface area contributed by atoms with Gasteiger partial charge >= 0.3 is 7.05 Å². The summed E-state index contributed by atoms with van der Waals surface area (Å²) in [5, 5.41) is 10.2. The van der Waals surface area contributed by atoms with Crippen molar-refractivity contribution in [3.05, 3.63) is 28.2 Å². The Hall–Kier alpha value is -0.345. The summed E-state index contributed by atoms with van der Waals surface area (Å²) < 4.78 is 32.8. The molecule has 0 aromatic heterocycles. The third-order valence-corrected chi connectivity index (χ3v) is 6.04. The lowest BCUT2D eigenvalue weighted by molar-refractivity contribution is 0.142. The number of ether oxygens (including phenoxy) is 1. The lowest BCUT2D eigenvalue weighted by Gasteiger charge is -2.24. The topological polar surface area (TPSA) is 78.9 Å². The normalized spacial score (nSPS) is 22.5. The van der Waals surface area contributed by atoms with E-state index in [0.717, 1.165) is 0 Å². The van der Waals surface area contributed by atoms with Gasteiger partial charge in [-0.25, -0.2) is 13.1 Å². The fourth-order valence-corrected chi connectivity index (χ4v) is 4.81. The Kier molecular flexibility index (Phi) is 6.35. The predicted molar refractivity (Wildman–Crippen MR) is 91.4 cm³/mol. The quantitative estimate of drug-likeness (QED) is 0.730. The van der Waals surface area contributed by atoms with E-state index >= 15 is 0 Å². The molecule has 2 N–H and O–H groups in total. The van der Waals surface area contributed by atoms with Crippen LogP contribution in [0.4, 0.5) is 0 Å². The number of nitrogens with zero attached hydrogens (tertiary/aromatic N) is 1. The van der Waals surface area contributed by atoms with Crippen LogP contribution in [0.2, 0.25) is 16.9 Å². The molecule has 2 atom stereocenters. The van der Waals surface area contributed by atoms with Crippen LogP contribution >= 0.6 is 23.2 Å². The molecule has 0 unspecified atom stereocenters. The summed E-state index contributed by atoms with van der Waals surface area (Å²) in [5.41, 5.74) is 0. The van der Waals surface area contributed by atoms with Crippen LogP contribution < -0.4 is 4.72 Å². The zero-order valence-electron chi connectivity index (χ0n) is 12.9. The van der Waals surface area contributed by atoms with Gasteiger partial charge in [0.25, 0.3) is 0 Å². The first-order chi connectivity index (χ1) is 10.7. The third kappa shape index (κ3) is 4.60. The van der Waals surface area contributed by atoms with Gasteiger partial charge < -0.3 is 14.6 Å². The zero-order valence-corrected chi connectivity index (χ0v) is 15.2. The summed E-state index contributed by atoms with van der Waals surface area (Å²) in [6, 6.07) is 3.90. The molecule has 10 heteroatoms. The zero-order chi connectivity index (χ0) is 17.2. The fraction of sp³-hybridized carbons (Fsp3) is 0.538. The second-order valence-electron chi connectivity index (χ2n) is 5.57. The SMILES string of the molecule is COC[C@H]1C[C@@H](NS(=O)(=O)c2cc(Cl)ccc2Cl)CN1B(C)O. The Morgan fingerprint density at radius 3 is 2.78 bits per heavy atom. The van der Waals surface area contributed by atoms with Crippen molar-refractivity contribution in [1.29, 1.82) is 0 Å². The van der Waals surface area contributed by atoms with Crippen LogP contribution in [-0.2, 0) is 14.8 Å². The minimum atomic E-state index is -3.80. The monoisotopic (exact) mass is 380 g/mol. The maximum atomic E-state index is 12.5. The van der Waals surface area contributed by atoms with E-state index in [0.29, 0.717) is 24.6 Å². The molecule has 1 heterocycles. The maximum absolute atomic E-state index is 12.5. The first-order valence-electron chi connectivity index (χ1n) is 7.14. The standard InChI is InChI=1S/C13H19BCl2N2O4S/c1-14(19)18-7-10(6-11(18)8-22-2)17-23(20,21)13-5-9(15)3-4-12(13)16/h3-5,10-11,17,19H,6-8H2,1-2H3/t10-,11-/m1/s1. The molecule has 0 spiro atoms. The molecule has 128 valence electrons. The minimum absolute atomic E-state index is 0.0505. The number of methoxy groups -OCH3 is 1. The molecule has 1 saturated heterocycles. The Labute approximate surface area is 146 Å². The molecule has 6 nitrogen and oxygen atoms in total. The van der Waals surface area contributed by atoms with Crippen LogP contribution in [0.15, 0.2) is 23.1 Å². The number of nitrogens with one attached hydrogen (secondary N) is 1. The Morgan fingerprint density at radius 1 is 1.48 bits per heavy atom. The highest BCUT2D eigenvalue weighted by Gasteiger charge is 2.38. The molecule has 0 bridgehead atoms. The molecule has 1 aromatic rings. The number of hydrogen-bond donors (Lipinski definition) is 2. The molecule has 1 fully saturated rings. The van der Waals surface area contributed by atoms with Crippen LogP contribution in [0.5, 0.6) is 0 Å². The summed E-state index contributed by atoms with van der Waals surface area (Å²) in [7, 11) is -2.91. The molecule has 0 aliphatic carbocycles. The van der Waals surface area contributed by atoms with Crippen LogP contribution in [0.25, 0.3) is 0 Å². The molecular formula is C13H19BCl2N2O4S. The third-order valence-electron chi connectivity index (χ3n) is 3.80. The van der Waals surface area contributed by atoms with Gasteiger partial charge in [0.05, 0.1) is 11.6 Å². The molecule has 0 saturated carbocycles. The average molecular weight is 381 g/mol. The van der Waals surface area contributed by atoms with E-state index in [1.807, 2.05) is 0 Å². The fourth-order valence-electron chi connectivity index (χ4n) is 2.81. The van der Waals surface area contributed by atoms with Crippen molar-refractivity contribution in [2.24, 2.45) is 0 Å². The Balaban J connectivity index is 2.16. The van der Waals surface area contributed by atoms with Crippen molar-refractivity contribution in [2.45, 2.75) is 30.2 Å². The first kappa shape index (κ1) is 19.0. The van der Waals surface area contributed by atoms with E-state index in [2.05, 4.69) is 4.72 Å². The van der Waals surface area contributed by atoms with Gasteiger partial charge in [-0.15, -0.1) is 0 Å². The molecule has 1 aliphatic heterocycles. The summed E-state index contributed by atoms with van der Waals surface area (Å²) in [6.07, 6.45) is 0.538. The molecule has 2 rings (SSSR count). The molecule has 23 heavy (non-hydrogen) atoms. The highest BCUT2D eigenvalue weighted by Crippen LogP contribution is 2.27. The average Bonchev–Trinajstić information content (AvgIpc) is 2.84. The maximum Gasteiger partial charge on any atom is 0.376 e. The summed E-state index contributed by atoms with van der Waals surface area (Å²) in [6.45, 7) is 2.46. The summed E-state index contributed by atoms with van der Waals surface area (Å²) >= 11 is 11.8. The van der Waals surface area contributed by atoms with Gasteiger partial charge in [0.1, 0.15) is 4.90 Å². The largest absolute Gasteiger partial charge is 0.437 e. The van der Waals surface area contributed by atoms with Gasteiger partial charge in [-0.2, -0.15) is 0 Å². The molecule has 0 amide bonds. The van der Waals surface area contributed by atoms with Crippen LogP contribution in [-0.4, -0.2) is 57.6 Å². The van der Waals surface area contributed by atoms with Gasteiger partial charge in [-0.1, -0.05) is 23.2 Å². The lowest BCUT2D eigenvalue weighted by Crippen LogP contribution is -2.44. The van der Waals surface area contributed by atoms with E-state index in [9.17, 15) is 13.4 Å². The molecule has 1 aliphatic rings. The van der Waals surface area contributed by atoms with E-state index < -0.39 is 17.1 Å². The highest BCUT2D eigenvalue weighted by molar-refractivity contribution is 7.89. The van der Waals surface area contributed by atoms with Gasteiger partial charge in [-0.05, 0) is 31.4 Å². The first-order valence-corrected chi connectivity index (χ1v) is 9.38. The number of hydrogen-bond acceptors (Lipinski definition) is 5. The Bertz CT molecular complexity index is 659. The summed E-state index contributed by atoms with van der Waals surface area (Å²) in [5.74, 6) is 0. The minimum Gasteiger partial charge on any atom is -0.437 e. The van der Waals surface area contributed by atoms with E-state index in [-0.39, 0.29) is 22.0 Å². The van der Waals surface area contributed by atoms with Crippen molar-refractivity contribution >= 4 is 40.3 Å². The summed E-state index contributed by atoms with van der Waals surface area (Å²) in [4.78, 5) is 1.75. The van der Waals surface area contributed by atoms with E-state index in [1.54, 1.807) is 18.7 Å². The molecule has 0 radical (unpaired) electrons. The second kappa shape index (κ2) is 7.69. The van der Waals surface area contributed by atoms with Gasteiger partial charge in [0, 0.05) is 30.8 Å². The van der Waals surface area contributed by atoms with Crippen molar-refractivity contribution in [2.75, 3.05) is 20.3 Å². The van der Waals surface area contributed by atoms with Crippen LogP contribution in [0.1, 0.15) is 6.42 Å². The number of benzene rings is 1. The van der Waals surface area contributed by atoms with Crippen LogP contribution in [0, 0.1) is 0 Å². The van der Waals surface area contributed by atoms with Crippen LogP contribution in [0.3, 0.4) is 0 Å². The van der Waals surface area contributed by atoms with Crippen molar-refractivity contribution < 1.29 is 18.2 Å². The predicted octanol–water partition coefficient (Wildman–Crippen LogP) is 1.47. The van der Waals surface area contributed by atoms with E-state index in [4.69, 9.17) is 27.9 Å². The van der Waals surface area contributed by atoms with Crippen molar-refractivity contribution in [1.82, 2.24) is 9.53 Å². The smallest absolute Gasteiger partial charge is 0.376 e. The highest BCUT2D eigenvalue weighted by atomic mass is 35.5. The number of halogens is 2. The van der Waals surface area contributed by atoms with Crippen molar-refractivity contribution in [3.63, 3.8) is 0 Å². The van der Waals surface area contributed by atoms with E-state index in [1.165, 1.54) is 18.2 Å². The second-order valence-corrected chi connectivity index (χ2v) is 8.09. The number of rotatable bonds is 6. The molecular weight excluding hydrogens is 362 g/mol. The van der Waals surface area contributed by atoms with Crippen molar-refractivity contribution in [3.8, 4) is 0 Å². The number of sulfonamides is 1. The van der Waals surface area contributed by atoms with Gasteiger partial charge in [0.15, 0.2) is 0 Å². The lowest BCUT2D eigenvalue weighted by atomic mass is 9.84. The Morgan fingerprint density at radius 2 is 2.17 bits per heavy atom. The molecule has 1 aromatic carbocycles. The van der Waals surface area contributed by atoms with Gasteiger partial charge in [-0.3, -0.25) is 0 Å².